The lowest BCUT2D eigenvalue weighted by Gasteiger charge is -2.05. The van der Waals surface area contributed by atoms with E-state index in [9.17, 15) is 14.9 Å². The molecule has 0 fully saturated rings. The zero-order valence-electron chi connectivity index (χ0n) is 8.31. The molecule has 0 unspecified atom stereocenters. The summed E-state index contributed by atoms with van der Waals surface area (Å²) in [6.45, 7) is -0.722. The largest absolute Gasteiger partial charge is 0.479 e. The SMILES string of the molecule is [N-]=[N+]=Nc1cccc(OCC(=O)O)c1[N+](=O)[O-]. The second-order valence-electron chi connectivity index (χ2n) is 2.75. The summed E-state index contributed by atoms with van der Waals surface area (Å²) in [6, 6.07) is 3.80. The van der Waals surface area contributed by atoms with E-state index in [0.717, 1.165) is 0 Å². The molecule has 0 aliphatic rings. The van der Waals surface area contributed by atoms with Crippen LogP contribution in [0.15, 0.2) is 23.3 Å². The average Bonchev–Trinajstić information content (AvgIpc) is 2.26. The third kappa shape index (κ3) is 3.08. The highest BCUT2D eigenvalue weighted by Crippen LogP contribution is 2.36. The molecule has 1 rings (SSSR count). The normalized spacial score (nSPS) is 9.18. The molecule has 17 heavy (non-hydrogen) atoms. The van der Waals surface area contributed by atoms with Gasteiger partial charge in [-0.25, -0.2) is 4.79 Å². The number of nitrogens with zero attached hydrogens (tertiary/aromatic N) is 4. The van der Waals surface area contributed by atoms with Crippen molar-refractivity contribution in [2.45, 2.75) is 0 Å². The van der Waals surface area contributed by atoms with Crippen LogP contribution in [0.1, 0.15) is 0 Å². The van der Waals surface area contributed by atoms with Crippen LogP contribution in [0.4, 0.5) is 11.4 Å². The summed E-state index contributed by atoms with van der Waals surface area (Å²) in [5.74, 6) is -1.53. The van der Waals surface area contributed by atoms with Crippen LogP contribution >= 0.6 is 0 Å². The van der Waals surface area contributed by atoms with E-state index in [4.69, 9.17) is 15.4 Å². The van der Waals surface area contributed by atoms with Crippen molar-refractivity contribution in [3.05, 3.63) is 38.8 Å². The summed E-state index contributed by atoms with van der Waals surface area (Å²) in [7, 11) is 0. The topological polar surface area (TPSA) is 138 Å². The van der Waals surface area contributed by atoms with Crippen LogP contribution < -0.4 is 4.74 Å². The van der Waals surface area contributed by atoms with Gasteiger partial charge in [0.2, 0.25) is 0 Å². The molecule has 0 atom stereocenters. The summed E-state index contributed by atoms with van der Waals surface area (Å²) in [5.41, 5.74) is 7.44. The Labute approximate surface area is 94.0 Å². The molecule has 9 nitrogen and oxygen atoms in total. The van der Waals surface area contributed by atoms with E-state index >= 15 is 0 Å². The van der Waals surface area contributed by atoms with Crippen LogP contribution in [0.3, 0.4) is 0 Å². The number of nitro groups is 1. The summed E-state index contributed by atoms with van der Waals surface area (Å²) < 4.78 is 4.72. The standard InChI is InChI=1S/C8H6N4O5/c9-11-10-5-2-1-3-6(8(5)12(15)16)17-4-7(13)14/h1-3H,4H2,(H,13,14). The van der Waals surface area contributed by atoms with Crippen LogP contribution in [-0.2, 0) is 4.79 Å². The first-order valence-electron chi connectivity index (χ1n) is 4.23. The van der Waals surface area contributed by atoms with Gasteiger partial charge >= 0.3 is 11.7 Å². The molecule has 0 heterocycles. The Hall–Kier alpha value is -2.80. The lowest BCUT2D eigenvalue weighted by molar-refractivity contribution is -0.385. The molecule has 0 spiro atoms. The fraction of sp³-hybridized carbons (Fsp3) is 0.125. The van der Waals surface area contributed by atoms with Crippen molar-refractivity contribution in [1.82, 2.24) is 0 Å². The Morgan fingerprint density at radius 3 is 2.88 bits per heavy atom. The van der Waals surface area contributed by atoms with E-state index in [1.54, 1.807) is 0 Å². The summed E-state index contributed by atoms with van der Waals surface area (Å²) in [5, 5.41) is 22.3. The lowest BCUT2D eigenvalue weighted by atomic mass is 10.2. The van der Waals surface area contributed by atoms with Crippen molar-refractivity contribution in [1.29, 1.82) is 0 Å². The minimum atomic E-state index is -1.27. The van der Waals surface area contributed by atoms with Crippen LogP contribution in [0.2, 0.25) is 0 Å². The van der Waals surface area contributed by atoms with Crippen LogP contribution in [0.5, 0.6) is 5.75 Å². The molecule has 1 aromatic carbocycles. The molecule has 0 saturated carbocycles. The molecule has 88 valence electrons. The summed E-state index contributed by atoms with van der Waals surface area (Å²) >= 11 is 0. The third-order valence-electron chi connectivity index (χ3n) is 1.66. The Morgan fingerprint density at radius 2 is 2.35 bits per heavy atom. The molecular formula is C8H6N4O5. The Bertz CT molecular complexity index is 509. The van der Waals surface area contributed by atoms with Gasteiger partial charge in [-0.1, -0.05) is 11.2 Å². The zero-order valence-corrected chi connectivity index (χ0v) is 8.31. The van der Waals surface area contributed by atoms with Crippen LogP contribution in [-0.4, -0.2) is 22.6 Å². The maximum atomic E-state index is 10.8. The first-order valence-corrected chi connectivity index (χ1v) is 4.23. The fourth-order valence-corrected chi connectivity index (χ4v) is 1.08. The van der Waals surface area contributed by atoms with E-state index < -0.39 is 23.2 Å². The van der Waals surface area contributed by atoms with Gasteiger partial charge in [0.05, 0.1) is 4.92 Å². The number of hydrogen-bond donors (Lipinski definition) is 1. The molecule has 0 aliphatic carbocycles. The van der Waals surface area contributed by atoms with Crippen LogP contribution in [0, 0.1) is 10.1 Å². The van der Waals surface area contributed by atoms with Crippen LogP contribution in [0.25, 0.3) is 10.4 Å². The lowest BCUT2D eigenvalue weighted by Crippen LogP contribution is -2.10. The summed E-state index contributed by atoms with van der Waals surface area (Å²) in [4.78, 5) is 22.7. The quantitative estimate of drug-likeness (QED) is 0.274. The Kier molecular flexibility index (Phi) is 3.85. The number of para-hydroxylation sites is 1. The van der Waals surface area contributed by atoms with Gasteiger partial charge in [-0.05, 0) is 17.7 Å². The molecule has 0 aliphatic heterocycles. The van der Waals surface area contributed by atoms with Crippen molar-refractivity contribution >= 4 is 17.3 Å². The molecule has 1 N–H and O–H groups in total. The van der Waals surface area contributed by atoms with Gasteiger partial charge in [-0.15, -0.1) is 0 Å². The van der Waals surface area contributed by atoms with Gasteiger partial charge in [-0.2, -0.15) is 0 Å². The maximum absolute atomic E-state index is 10.8. The molecular weight excluding hydrogens is 232 g/mol. The number of ether oxygens (including phenoxy) is 1. The molecule has 1 aromatic rings. The van der Waals surface area contributed by atoms with Gasteiger partial charge < -0.3 is 9.84 Å². The van der Waals surface area contributed by atoms with Crippen molar-refractivity contribution < 1.29 is 19.6 Å². The number of carbonyl (C=O) groups is 1. The highest BCUT2D eigenvalue weighted by molar-refractivity contribution is 5.70. The highest BCUT2D eigenvalue weighted by atomic mass is 16.6. The second-order valence-corrected chi connectivity index (χ2v) is 2.75. The van der Waals surface area contributed by atoms with Crippen molar-refractivity contribution in [3.63, 3.8) is 0 Å². The number of azide groups is 1. The highest BCUT2D eigenvalue weighted by Gasteiger charge is 2.20. The van der Waals surface area contributed by atoms with Crippen molar-refractivity contribution in [2.24, 2.45) is 5.11 Å². The predicted octanol–water partition coefficient (Wildman–Crippen LogP) is 2.00. The van der Waals surface area contributed by atoms with E-state index in [1.165, 1.54) is 18.2 Å². The third-order valence-corrected chi connectivity index (χ3v) is 1.66. The molecule has 0 aromatic heterocycles. The summed E-state index contributed by atoms with van der Waals surface area (Å²) in [6.07, 6.45) is 0. The van der Waals surface area contributed by atoms with E-state index in [-0.39, 0.29) is 11.4 Å². The van der Waals surface area contributed by atoms with E-state index in [1.807, 2.05) is 0 Å². The van der Waals surface area contributed by atoms with E-state index in [0.29, 0.717) is 0 Å². The number of nitro benzene ring substituents is 1. The van der Waals surface area contributed by atoms with Crippen molar-refractivity contribution in [3.8, 4) is 5.75 Å². The number of aliphatic carboxylic acids is 1. The van der Waals surface area contributed by atoms with Gasteiger partial charge in [-0.3, -0.25) is 10.1 Å². The van der Waals surface area contributed by atoms with Gasteiger partial charge in [0.25, 0.3) is 0 Å². The van der Waals surface area contributed by atoms with Gasteiger partial charge in [0.1, 0.15) is 5.69 Å². The number of carboxylic acids is 1. The monoisotopic (exact) mass is 238 g/mol. The molecule has 0 bridgehead atoms. The first-order chi connectivity index (χ1) is 8.06. The average molecular weight is 238 g/mol. The smallest absolute Gasteiger partial charge is 0.341 e. The minimum absolute atomic E-state index is 0.236. The number of rotatable bonds is 5. The molecule has 0 saturated heterocycles. The first kappa shape index (κ1) is 12.3. The van der Waals surface area contributed by atoms with Crippen molar-refractivity contribution in [2.75, 3.05) is 6.61 Å². The molecule has 9 heteroatoms. The van der Waals surface area contributed by atoms with E-state index in [2.05, 4.69) is 10.0 Å². The van der Waals surface area contributed by atoms with Gasteiger partial charge in [0, 0.05) is 4.91 Å². The Balaban J connectivity index is 3.19. The zero-order chi connectivity index (χ0) is 12.8. The molecule has 0 amide bonds. The number of carboxylic acid groups (broad SMARTS) is 1. The minimum Gasteiger partial charge on any atom is -0.479 e. The second kappa shape index (κ2) is 5.33. The number of benzene rings is 1. The Morgan fingerprint density at radius 1 is 1.65 bits per heavy atom. The number of hydrogen-bond acceptors (Lipinski definition) is 5. The maximum Gasteiger partial charge on any atom is 0.341 e. The fourth-order valence-electron chi connectivity index (χ4n) is 1.08. The van der Waals surface area contributed by atoms with Gasteiger partial charge in [0.15, 0.2) is 12.4 Å². The molecule has 0 radical (unpaired) electrons. The predicted molar refractivity (Wildman–Crippen MR) is 55.0 cm³/mol.